The summed E-state index contributed by atoms with van der Waals surface area (Å²) in [6.45, 7) is 0.836. The van der Waals surface area contributed by atoms with Crippen molar-refractivity contribution in [2.45, 2.75) is 6.67 Å². The van der Waals surface area contributed by atoms with Gasteiger partial charge in [0.1, 0.15) is 5.69 Å². The predicted octanol–water partition coefficient (Wildman–Crippen LogP) is 6.20. The molecule has 1 aliphatic rings. The Morgan fingerprint density at radius 1 is 0.643 bits per heavy atom. The van der Waals surface area contributed by atoms with Crippen LogP contribution in [-0.4, -0.2) is 15.4 Å². The quantitative estimate of drug-likeness (QED) is 0.262. The average Bonchev–Trinajstić information content (AvgIpc) is 3.35. The predicted molar refractivity (Wildman–Crippen MR) is 116 cm³/mol. The molecule has 5 aromatic rings. The molecule has 0 radical (unpaired) electrons. The summed E-state index contributed by atoms with van der Waals surface area (Å²) in [6, 6.07) is 34.8. The lowest BCUT2D eigenvalue weighted by Gasteiger charge is -2.12. The van der Waals surface area contributed by atoms with Gasteiger partial charge in [0, 0.05) is 17.7 Å². The Morgan fingerprint density at radius 2 is 1.36 bits per heavy atom. The molecule has 0 amide bonds. The first-order valence-electron chi connectivity index (χ1n) is 9.65. The van der Waals surface area contributed by atoms with Gasteiger partial charge in [0.2, 0.25) is 12.4 Å². The van der Waals surface area contributed by atoms with E-state index in [1.807, 2.05) is 0 Å². The van der Waals surface area contributed by atoms with Crippen molar-refractivity contribution in [2.24, 2.45) is 0 Å². The van der Waals surface area contributed by atoms with Gasteiger partial charge in [-0.1, -0.05) is 66.7 Å². The fourth-order valence-electron chi connectivity index (χ4n) is 4.38. The van der Waals surface area contributed by atoms with E-state index in [9.17, 15) is 0 Å². The topological polar surface area (TPSA) is 7.94 Å². The first kappa shape index (κ1) is 15.4. The second kappa shape index (κ2) is 5.93. The molecule has 132 valence electrons. The van der Waals surface area contributed by atoms with E-state index in [-0.39, 0.29) is 0 Å². The fourth-order valence-corrected chi connectivity index (χ4v) is 4.38. The molecule has 2 heterocycles. The van der Waals surface area contributed by atoms with Crippen molar-refractivity contribution in [1.82, 2.24) is 4.57 Å². The van der Waals surface area contributed by atoms with Crippen LogP contribution >= 0.6 is 0 Å². The van der Waals surface area contributed by atoms with Crippen LogP contribution in [0.15, 0.2) is 97.1 Å². The lowest BCUT2D eigenvalue weighted by Crippen LogP contribution is -2.05. The van der Waals surface area contributed by atoms with Gasteiger partial charge in [0.05, 0.1) is 5.69 Å². The summed E-state index contributed by atoms with van der Waals surface area (Å²) in [7, 11) is 0. The van der Waals surface area contributed by atoms with Crippen LogP contribution in [0.1, 0.15) is 5.69 Å². The van der Waals surface area contributed by atoms with Gasteiger partial charge in [-0.2, -0.15) is 4.58 Å². The lowest BCUT2D eigenvalue weighted by molar-refractivity contribution is -0.463. The molecule has 0 N–H and O–H groups in total. The van der Waals surface area contributed by atoms with E-state index < -0.39 is 0 Å². The first-order chi connectivity index (χ1) is 13.9. The van der Waals surface area contributed by atoms with E-state index in [2.05, 4.69) is 112 Å². The van der Waals surface area contributed by atoms with E-state index in [0.29, 0.717) is 0 Å². The van der Waals surface area contributed by atoms with E-state index in [4.69, 9.17) is 0 Å². The van der Waals surface area contributed by atoms with Crippen LogP contribution in [0.3, 0.4) is 0 Å². The fraction of sp³-hybridized carbons (Fsp3) is 0.0385. The smallest absolute Gasteiger partial charge is 0.228 e. The van der Waals surface area contributed by atoms with Gasteiger partial charge in [-0.05, 0) is 39.7 Å². The maximum atomic E-state index is 2.41. The molecule has 1 aromatic heterocycles. The average molecular weight is 359 g/mol. The Bertz CT molecular complexity index is 1370. The number of aromatic nitrogens is 1. The zero-order valence-corrected chi connectivity index (χ0v) is 15.4. The van der Waals surface area contributed by atoms with Gasteiger partial charge in [-0.25, -0.2) is 0 Å². The van der Waals surface area contributed by atoms with E-state index >= 15 is 0 Å². The number of fused-ring (bicyclic) bond motifs is 4. The second-order valence-corrected chi connectivity index (χ2v) is 7.34. The van der Waals surface area contributed by atoms with Gasteiger partial charge < -0.3 is 0 Å². The third-order valence-corrected chi connectivity index (χ3v) is 5.73. The summed E-state index contributed by atoms with van der Waals surface area (Å²) in [4.78, 5) is 0. The van der Waals surface area contributed by atoms with Crippen LogP contribution in [0.5, 0.6) is 0 Å². The summed E-state index contributed by atoms with van der Waals surface area (Å²) in [5, 5.41) is 5.22. The Hall–Kier alpha value is -3.65. The van der Waals surface area contributed by atoms with Crippen molar-refractivity contribution in [3.63, 3.8) is 0 Å². The summed E-state index contributed by atoms with van der Waals surface area (Å²) in [5.74, 6) is 0. The highest BCUT2D eigenvalue weighted by Gasteiger charge is 2.24. The summed E-state index contributed by atoms with van der Waals surface area (Å²) in [5.41, 5.74) is 5.03. The molecule has 0 fully saturated rings. The molecule has 0 bridgehead atoms. The Balaban J connectivity index is 1.55. The molecular formula is C26H19N2+. The number of benzene rings is 4. The molecule has 0 unspecified atom stereocenters. The maximum absolute atomic E-state index is 2.41. The normalized spacial score (nSPS) is 13.1. The maximum Gasteiger partial charge on any atom is 0.228 e. The molecule has 0 atom stereocenters. The molecular weight excluding hydrogens is 340 g/mol. The summed E-state index contributed by atoms with van der Waals surface area (Å²) < 4.78 is 4.71. The third-order valence-electron chi connectivity index (χ3n) is 5.73. The van der Waals surface area contributed by atoms with Gasteiger partial charge in [0.25, 0.3) is 0 Å². The van der Waals surface area contributed by atoms with Crippen molar-refractivity contribution in [2.75, 3.05) is 0 Å². The molecule has 0 saturated heterocycles. The molecule has 4 aromatic carbocycles. The van der Waals surface area contributed by atoms with E-state index in [1.165, 1.54) is 44.2 Å². The second-order valence-electron chi connectivity index (χ2n) is 7.34. The molecule has 2 heteroatoms. The molecule has 0 saturated carbocycles. The van der Waals surface area contributed by atoms with Gasteiger partial charge in [-0.3, -0.25) is 4.57 Å². The van der Waals surface area contributed by atoms with Crippen molar-refractivity contribution >= 4 is 33.4 Å². The van der Waals surface area contributed by atoms with Gasteiger partial charge in [0.15, 0.2) is 6.21 Å². The number of hydrogen-bond donors (Lipinski definition) is 0. The van der Waals surface area contributed by atoms with Crippen LogP contribution in [0.25, 0.3) is 32.8 Å². The van der Waals surface area contributed by atoms with Crippen molar-refractivity contribution < 1.29 is 4.58 Å². The van der Waals surface area contributed by atoms with E-state index in [0.717, 1.165) is 6.67 Å². The number of nitrogens with zero attached hydrogens (tertiary/aromatic N) is 2. The monoisotopic (exact) mass is 359 g/mol. The minimum Gasteiger partial charge on any atom is -0.279 e. The molecule has 28 heavy (non-hydrogen) atoms. The Kier molecular flexibility index (Phi) is 3.26. The van der Waals surface area contributed by atoms with Crippen molar-refractivity contribution in [3.05, 3.63) is 103 Å². The molecule has 2 nitrogen and oxygen atoms in total. The zero-order chi connectivity index (χ0) is 18.5. The van der Waals surface area contributed by atoms with Gasteiger partial charge in [-0.15, -0.1) is 0 Å². The molecule has 6 rings (SSSR count). The highest BCUT2D eigenvalue weighted by atomic mass is 15.2. The third kappa shape index (κ3) is 2.25. The largest absolute Gasteiger partial charge is 0.279 e. The lowest BCUT2D eigenvalue weighted by atomic mass is 9.96. The Labute approximate surface area is 163 Å². The van der Waals surface area contributed by atoms with Crippen LogP contribution in [-0.2, 0) is 6.67 Å². The molecule has 0 spiro atoms. The van der Waals surface area contributed by atoms with Crippen molar-refractivity contribution in [3.8, 4) is 11.3 Å². The number of para-hydroxylation sites is 1. The van der Waals surface area contributed by atoms with Crippen LogP contribution in [0.4, 0.5) is 5.69 Å². The molecule has 1 aliphatic heterocycles. The van der Waals surface area contributed by atoms with E-state index in [1.54, 1.807) is 0 Å². The molecule has 0 aliphatic carbocycles. The minimum absolute atomic E-state index is 0.836. The van der Waals surface area contributed by atoms with Crippen LogP contribution in [0, 0.1) is 0 Å². The minimum atomic E-state index is 0.836. The Morgan fingerprint density at radius 3 is 2.21 bits per heavy atom. The van der Waals surface area contributed by atoms with Crippen LogP contribution < -0.4 is 0 Å². The number of hydrogen-bond acceptors (Lipinski definition) is 0. The first-order valence-corrected chi connectivity index (χ1v) is 9.65. The standard InChI is InChI=1S/C26H19N2/c1-2-9-20(10-3-1)27-17-21-14-15-26(28(21)18-27)25-16-19-8-4-5-11-22(19)23-12-6-7-13-24(23)25/h1-17H,18H2/q+1. The number of rotatable bonds is 2. The van der Waals surface area contributed by atoms with Crippen molar-refractivity contribution in [1.29, 1.82) is 0 Å². The van der Waals surface area contributed by atoms with Crippen LogP contribution in [0.2, 0.25) is 0 Å². The SMILES string of the molecule is C1=[N+](c2ccccc2)Cn2c1ccc2-c1cc2ccccc2c2ccccc12. The van der Waals surface area contributed by atoms with Gasteiger partial charge >= 0.3 is 0 Å². The highest BCUT2D eigenvalue weighted by Crippen LogP contribution is 2.36. The zero-order valence-electron chi connectivity index (χ0n) is 15.4. The summed E-state index contributed by atoms with van der Waals surface area (Å²) >= 11 is 0. The highest BCUT2D eigenvalue weighted by molar-refractivity contribution is 6.13. The summed E-state index contributed by atoms with van der Waals surface area (Å²) in [6.07, 6.45) is 2.24.